The molecule has 162 valence electrons. The number of amides is 2. The number of H-pyrrole nitrogens is 1. The van der Waals surface area contributed by atoms with Gasteiger partial charge in [0.25, 0.3) is 5.91 Å². The van der Waals surface area contributed by atoms with Crippen molar-refractivity contribution in [1.82, 2.24) is 15.0 Å². The van der Waals surface area contributed by atoms with Crippen LogP contribution in [0.1, 0.15) is 28.4 Å². The second-order valence-electron chi connectivity index (χ2n) is 7.46. The van der Waals surface area contributed by atoms with Gasteiger partial charge in [0.1, 0.15) is 11.5 Å². The molecule has 0 radical (unpaired) electrons. The summed E-state index contributed by atoms with van der Waals surface area (Å²) < 4.78 is 44.9. The Morgan fingerprint density at radius 3 is 2.55 bits per heavy atom. The Bertz CT molecular complexity index is 1130. The number of anilines is 1. The van der Waals surface area contributed by atoms with Crippen LogP contribution in [0, 0.1) is 37.2 Å². The first kappa shape index (κ1) is 20.7. The third-order valence-corrected chi connectivity index (χ3v) is 5.32. The molecule has 3 heterocycles. The molecule has 7 nitrogen and oxygen atoms in total. The number of rotatable bonds is 4. The Hall–Kier alpha value is -3.56. The number of benzene rings is 1. The number of nitrogens with one attached hydrogen (secondary N) is 2. The molecule has 1 aliphatic heterocycles. The smallest absolute Gasteiger partial charge is 0.270 e. The molecule has 1 saturated heterocycles. The standard InChI is InChI=1S/C21H19F3N4O3/c1-10-18(11(2)31-27-10)16-3-4-17(26-16)21(30)28-6-5-12(9-28)20(29)25-13-7-14(22)19(24)15(23)8-13/h3-4,7-8,12,26H,5-6,9H2,1-2H3,(H,25,29). The summed E-state index contributed by atoms with van der Waals surface area (Å²) in [5, 5.41) is 6.28. The van der Waals surface area contributed by atoms with Crippen molar-refractivity contribution in [3.05, 3.63) is 58.9 Å². The van der Waals surface area contributed by atoms with E-state index in [4.69, 9.17) is 4.52 Å². The molecule has 1 aromatic carbocycles. The Kier molecular flexibility index (Phi) is 5.30. The number of aryl methyl sites for hydroxylation is 2. The number of likely N-dealkylation sites (tertiary alicyclic amines) is 1. The molecule has 1 unspecified atom stereocenters. The second-order valence-corrected chi connectivity index (χ2v) is 7.46. The van der Waals surface area contributed by atoms with Gasteiger partial charge in [-0.25, -0.2) is 13.2 Å². The van der Waals surface area contributed by atoms with E-state index in [2.05, 4.69) is 15.5 Å². The van der Waals surface area contributed by atoms with Crippen LogP contribution in [0.15, 0.2) is 28.8 Å². The van der Waals surface area contributed by atoms with E-state index in [0.717, 1.165) is 5.56 Å². The topological polar surface area (TPSA) is 91.2 Å². The summed E-state index contributed by atoms with van der Waals surface area (Å²) in [4.78, 5) is 29.9. The van der Waals surface area contributed by atoms with Crippen molar-refractivity contribution in [1.29, 1.82) is 0 Å². The first-order chi connectivity index (χ1) is 14.7. The van der Waals surface area contributed by atoms with E-state index >= 15 is 0 Å². The largest absolute Gasteiger partial charge is 0.361 e. The molecule has 1 atom stereocenters. The van der Waals surface area contributed by atoms with Crippen LogP contribution in [0.25, 0.3) is 11.3 Å². The van der Waals surface area contributed by atoms with Crippen LogP contribution in [0.4, 0.5) is 18.9 Å². The fourth-order valence-electron chi connectivity index (χ4n) is 3.73. The summed E-state index contributed by atoms with van der Waals surface area (Å²) in [6, 6.07) is 4.84. The number of carbonyl (C=O) groups is 2. The molecule has 10 heteroatoms. The molecule has 2 aromatic heterocycles. The maximum Gasteiger partial charge on any atom is 0.270 e. The van der Waals surface area contributed by atoms with Crippen LogP contribution >= 0.6 is 0 Å². The lowest BCUT2D eigenvalue weighted by Gasteiger charge is -2.16. The fraction of sp³-hybridized carbons (Fsp3) is 0.286. The number of nitrogens with zero attached hydrogens (tertiary/aromatic N) is 2. The molecule has 0 bridgehead atoms. The van der Waals surface area contributed by atoms with E-state index in [0.29, 0.717) is 47.9 Å². The molecular formula is C21H19F3N4O3. The van der Waals surface area contributed by atoms with Crippen molar-refractivity contribution < 1.29 is 27.3 Å². The van der Waals surface area contributed by atoms with Gasteiger partial charge in [-0.3, -0.25) is 9.59 Å². The van der Waals surface area contributed by atoms with Gasteiger partial charge in [-0.1, -0.05) is 5.16 Å². The first-order valence-corrected chi connectivity index (χ1v) is 9.61. The highest BCUT2D eigenvalue weighted by atomic mass is 19.2. The number of halogens is 3. The summed E-state index contributed by atoms with van der Waals surface area (Å²) in [5.74, 6) is -5.07. The summed E-state index contributed by atoms with van der Waals surface area (Å²) in [5.41, 5.74) is 2.37. The maximum atomic E-state index is 13.3. The predicted octanol–water partition coefficient (Wildman–Crippen LogP) is 3.80. The maximum absolute atomic E-state index is 13.3. The van der Waals surface area contributed by atoms with Gasteiger partial charge in [-0.2, -0.15) is 0 Å². The van der Waals surface area contributed by atoms with Gasteiger partial charge in [0.05, 0.1) is 22.9 Å². The van der Waals surface area contributed by atoms with Gasteiger partial charge >= 0.3 is 0 Å². The van der Waals surface area contributed by atoms with Crippen LogP contribution in [0.3, 0.4) is 0 Å². The number of carbonyl (C=O) groups excluding carboxylic acids is 2. The number of aromatic amines is 1. The zero-order valence-corrected chi connectivity index (χ0v) is 16.8. The van der Waals surface area contributed by atoms with Gasteiger partial charge in [0.2, 0.25) is 5.91 Å². The van der Waals surface area contributed by atoms with Gasteiger partial charge in [0, 0.05) is 30.9 Å². The average molecular weight is 432 g/mol. The molecule has 31 heavy (non-hydrogen) atoms. The van der Waals surface area contributed by atoms with Crippen molar-refractivity contribution in [3.8, 4) is 11.3 Å². The third-order valence-electron chi connectivity index (χ3n) is 5.32. The van der Waals surface area contributed by atoms with Crippen molar-refractivity contribution >= 4 is 17.5 Å². The van der Waals surface area contributed by atoms with Crippen LogP contribution < -0.4 is 5.32 Å². The molecule has 2 amide bonds. The van der Waals surface area contributed by atoms with E-state index in [1.54, 1.807) is 26.0 Å². The van der Waals surface area contributed by atoms with E-state index in [9.17, 15) is 22.8 Å². The fourth-order valence-corrected chi connectivity index (χ4v) is 3.73. The highest BCUT2D eigenvalue weighted by molar-refractivity contribution is 5.96. The molecule has 2 N–H and O–H groups in total. The third kappa shape index (κ3) is 3.92. The van der Waals surface area contributed by atoms with Gasteiger partial charge < -0.3 is 19.7 Å². The summed E-state index contributed by atoms with van der Waals surface area (Å²) in [6.07, 6.45) is 0.390. The Morgan fingerprint density at radius 2 is 1.90 bits per heavy atom. The van der Waals surface area contributed by atoms with Crippen LogP contribution in [-0.4, -0.2) is 39.9 Å². The first-order valence-electron chi connectivity index (χ1n) is 9.61. The normalized spacial score (nSPS) is 16.0. The van der Waals surface area contributed by atoms with Crippen LogP contribution in [-0.2, 0) is 4.79 Å². The van der Waals surface area contributed by atoms with Crippen LogP contribution in [0.2, 0.25) is 0 Å². The van der Waals surface area contributed by atoms with E-state index < -0.39 is 29.3 Å². The molecular weight excluding hydrogens is 413 g/mol. The zero-order chi connectivity index (χ0) is 22.3. The van der Waals surface area contributed by atoms with Crippen LogP contribution in [0.5, 0.6) is 0 Å². The van der Waals surface area contributed by atoms with E-state index in [1.807, 2.05) is 0 Å². The molecule has 0 aliphatic carbocycles. The zero-order valence-electron chi connectivity index (χ0n) is 16.8. The van der Waals surface area contributed by atoms with Crippen molar-refractivity contribution in [2.45, 2.75) is 20.3 Å². The summed E-state index contributed by atoms with van der Waals surface area (Å²) in [7, 11) is 0. The highest BCUT2D eigenvalue weighted by Crippen LogP contribution is 2.27. The average Bonchev–Trinajstić information content (AvgIpc) is 3.46. The van der Waals surface area contributed by atoms with E-state index in [-0.39, 0.29) is 18.1 Å². The Balaban J connectivity index is 1.42. The summed E-state index contributed by atoms with van der Waals surface area (Å²) in [6.45, 7) is 4.08. The Labute approximate surface area is 175 Å². The summed E-state index contributed by atoms with van der Waals surface area (Å²) >= 11 is 0. The van der Waals surface area contributed by atoms with Crippen molar-refractivity contribution in [2.75, 3.05) is 18.4 Å². The molecule has 0 spiro atoms. The Morgan fingerprint density at radius 1 is 1.19 bits per heavy atom. The quantitative estimate of drug-likeness (QED) is 0.614. The second kappa shape index (κ2) is 7.93. The lowest BCUT2D eigenvalue weighted by Crippen LogP contribution is -2.31. The minimum atomic E-state index is -1.60. The number of hydrogen-bond acceptors (Lipinski definition) is 4. The van der Waals surface area contributed by atoms with Gasteiger partial charge in [0.15, 0.2) is 17.5 Å². The molecule has 0 saturated carbocycles. The van der Waals surface area contributed by atoms with E-state index in [1.165, 1.54) is 4.90 Å². The lowest BCUT2D eigenvalue weighted by atomic mass is 10.1. The number of hydrogen-bond donors (Lipinski definition) is 2. The number of aromatic nitrogens is 2. The minimum Gasteiger partial charge on any atom is -0.361 e. The SMILES string of the molecule is Cc1noc(C)c1-c1ccc(C(=O)N2CCC(C(=O)Nc3cc(F)c(F)c(F)c3)C2)[nH]1. The molecule has 4 rings (SSSR count). The lowest BCUT2D eigenvalue weighted by molar-refractivity contribution is -0.119. The predicted molar refractivity (Wildman–Crippen MR) is 105 cm³/mol. The molecule has 1 fully saturated rings. The van der Waals surface area contributed by atoms with Gasteiger partial charge in [-0.15, -0.1) is 0 Å². The highest BCUT2D eigenvalue weighted by Gasteiger charge is 2.32. The van der Waals surface area contributed by atoms with Crippen molar-refractivity contribution in [3.63, 3.8) is 0 Å². The van der Waals surface area contributed by atoms with Crippen molar-refractivity contribution in [2.24, 2.45) is 5.92 Å². The van der Waals surface area contributed by atoms with Gasteiger partial charge in [-0.05, 0) is 32.4 Å². The minimum absolute atomic E-state index is 0.149. The molecule has 1 aliphatic rings. The molecule has 3 aromatic rings. The monoisotopic (exact) mass is 432 g/mol.